The van der Waals surface area contributed by atoms with E-state index in [4.69, 9.17) is 20.4 Å². The third-order valence-corrected chi connectivity index (χ3v) is 3.21. The lowest BCUT2D eigenvalue weighted by Crippen LogP contribution is -2.34. The van der Waals surface area contributed by atoms with Gasteiger partial charge in [-0.15, -0.1) is 0 Å². The molecule has 1 fully saturated rings. The van der Waals surface area contributed by atoms with Crippen LogP contribution in [0.4, 0.5) is 0 Å². The van der Waals surface area contributed by atoms with Gasteiger partial charge in [-0.1, -0.05) is 0 Å². The zero-order chi connectivity index (χ0) is 14.0. The normalized spacial score (nSPS) is 30.9. The van der Waals surface area contributed by atoms with Gasteiger partial charge in [0.1, 0.15) is 0 Å². The average Bonchev–Trinajstić information content (AvgIpc) is 2.55. The second kappa shape index (κ2) is 5.03. The highest BCUT2D eigenvalue weighted by Gasteiger charge is 2.54. The molecule has 0 heterocycles. The molecule has 0 amide bonds. The Morgan fingerprint density at radius 1 is 0.833 bits per heavy atom. The Hall–Kier alpha value is -2.12. The van der Waals surface area contributed by atoms with Crippen molar-refractivity contribution in [2.75, 3.05) is 0 Å². The van der Waals surface area contributed by atoms with Crippen molar-refractivity contribution in [2.24, 2.45) is 23.7 Å². The first-order chi connectivity index (χ1) is 8.25. The lowest BCUT2D eigenvalue weighted by atomic mass is 9.86. The summed E-state index contributed by atoms with van der Waals surface area (Å²) in [6.07, 6.45) is -0.805. The Balaban J connectivity index is 3.09. The number of rotatable bonds is 5. The van der Waals surface area contributed by atoms with Gasteiger partial charge in [0.25, 0.3) is 0 Å². The Kier molecular flexibility index (Phi) is 3.89. The number of aliphatic carboxylic acids is 4. The summed E-state index contributed by atoms with van der Waals surface area (Å²) >= 11 is 0. The maximum atomic E-state index is 11.0. The van der Waals surface area contributed by atoms with Crippen LogP contribution in [0.1, 0.15) is 12.8 Å². The summed E-state index contributed by atoms with van der Waals surface area (Å²) < 4.78 is 0. The van der Waals surface area contributed by atoms with Crippen molar-refractivity contribution in [3.8, 4) is 0 Å². The molecular formula is C10H12O8. The van der Waals surface area contributed by atoms with Gasteiger partial charge in [0.05, 0.1) is 17.8 Å². The van der Waals surface area contributed by atoms with Crippen LogP contribution in [0.15, 0.2) is 0 Å². The molecule has 1 aliphatic carbocycles. The van der Waals surface area contributed by atoms with Gasteiger partial charge in [-0.3, -0.25) is 19.2 Å². The molecule has 100 valence electrons. The molecule has 0 radical (unpaired) electrons. The zero-order valence-electron chi connectivity index (χ0n) is 9.15. The average molecular weight is 260 g/mol. The quantitative estimate of drug-likeness (QED) is 0.520. The van der Waals surface area contributed by atoms with Crippen molar-refractivity contribution in [2.45, 2.75) is 12.8 Å². The molecule has 0 spiro atoms. The van der Waals surface area contributed by atoms with E-state index in [1.165, 1.54) is 0 Å². The number of carboxylic acids is 4. The fourth-order valence-electron chi connectivity index (χ4n) is 2.53. The van der Waals surface area contributed by atoms with Crippen LogP contribution in [0.25, 0.3) is 0 Å². The first kappa shape index (κ1) is 13.9. The highest BCUT2D eigenvalue weighted by Crippen LogP contribution is 2.43. The van der Waals surface area contributed by atoms with Crippen molar-refractivity contribution in [3.05, 3.63) is 0 Å². The molecule has 0 bridgehead atoms. The van der Waals surface area contributed by atoms with Gasteiger partial charge in [0, 0.05) is 6.42 Å². The van der Waals surface area contributed by atoms with E-state index in [1.54, 1.807) is 0 Å². The second-order valence-electron chi connectivity index (χ2n) is 4.27. The minimum atomic E-state index is -1.59. The second-order valence-corrected chi connectivity index (χ2v) is 4.27. The van der Waals surface area contributed by atoms with Crippen LogP contribution >= 0.6 is 0 Å². The molecule has 0 aromatic heterocycles. The molecule has 1 saturated carbocycles. The van der Waals surface area contributed by atoms with Gasteiger partial charge in [-0.2, -0.15) is 0 Å². The molecule has 0 unspecified atom stereocenters. The molecular weight excluding hydrogens is 248 g/mol. The van der Waals surface area contributed by atoms with Gasteiger partial charge < -0.3 is 20.4 Å². The zero-order valence-corrected chi connectivity index (χ0v) is 9.15. The maximum Gasteiger partial charge on any atom is 0.308 e. The van der Waals surface area contributed by atoms with E-state index in [2.05, 4.69) is 0 Å². The molecule has 4 atom stereocenters. The highest BCUT2D eigenvalue weighted by atomic mass is 16.4. The summed E-state index contributed by atoms with van der Waals surface area (Å²) in [5, 5.41) is 35.4. The van der Waals surface area contributed by atoms with E-state index in [-0.39, 0.29) is 6.42 Å². The summed E-state index contributed by atoms with van der Waals surface area (Å²) in [4.78, 5) is 43.5. The van der Waals surface area contributed by atoms with E-state index in [0.717, 1.165) is 0 Å². The van der Waals surface area contributed by atoms with Crippen LogP contribution in [-0.2, 0) is 19.2 Å². The van der Waals surface area contributed by atoms with Crippen LogP contribution in [0, 0.1) is 23.7 Å². The summed E-state index contributed by atoms with van der Waals surface area (Å²) in [7, 11) is 0. The van der Waals surface area contributed by atoms with E-state index in [1.807, 2.05) is 0 Å². The molecule has 0 aliphatic heterocycles. The van der Waals surface area contributed by atoms with Gasteiger partial charge in [-0.25, -0.2) is 0 Å². The van der Waals surface area contributed by atoms with Crippen LogP contribution in [0.2, 0.25) is 0 Å². The molecule has 4 N–H and O–H groups in total. The SMILES string of the molecule is O=C(O)C[C@@H]1C[C@H](C(=O)O)[C@H](C(=O)O)[C@H]1C(=O)O. The Labute approximate surface area is 101 Å². The lowest BCUT2D eigenvalue weighted by Gasteiger charge is -2.17. The molecule has 18 heavy (non-hydrogen) atoms. The van der Waals surface area contributed by atoms with Gasteiger partial charge >= 0.3 is 23.9 Å². The number of carbonyl (C=O) groups is 4. The minimum Gasteiger partial charge on any atom is -0.481 e. The van der Waals surface area contributed by atoms with E-state index in [9.17, 15) is 19.2 Å². The lowest BCUT2D eigenvalue weighted by molar-refractivity contribution is -0.158. The maximum absolute atomic E-state index is 11.0. The predicted molar refractivity (Wildman–Crippen MR) is 53.7 cm³/mol. The Morgan fingerprint density at radius 2 is 1.33 bits per heavy atom. The van der Waals surface area contributed by atoms with Gasteiger partial charge in [0.2, 0.25) is 0 Å². The third-order valence-electron chi connectivity index (χ3n) is 3.21. The van der Waals surface area contributed by atoms with Gasteiger partial charge in [-0.05, 0) is 12.3 Å². The Bertz CT molecular complexity index is 401. The fraction of sp³-hybridized carbons (Fsp3) is 0.600. The topological polar surface area (TPSA) is 149 Å². The molecule has 1 aliphatic rings. The number of hydrogen-bond acceptors (Lipinski definition) is 4. The monoisotopic (exact) mass is 260 g/mol. The van der Waals surface area contributed by atoms with Crippen molar-refractivity contribution < 1.29 is 39.6 Å². The number of carboxylic acid groups (broad SMARTS) is 4. The van der Waals surface area contributed by atoms with Gasteiger partial charge in [0.15, 0.2) is 0 Å². The first-order valence-corrected chi connectivity index (χ1v) is 5.16. The molecule has 8 heteroatoms. The largest absolute Gasteiger partial charge is 0.481 e. The van der Waals surface area contributed by atoms with Crippen molar-refractivity contribution in [1.82, 2.24) is 0 Å². The predicted octanol–water partition coefficient (Wildman–Crippen LogP) is -0.417. The van der Waals surface area contributed by atoms with Crippen LogP contribution in [0.3, 0.4) is 0 Å². The molecule has 0 saturated heterocycles. The number of hydrogen-bond donors (Lipinski definition) is 4. The van der Waals surface area contributed by atoms with E-state index in [0.29, 0.717) is 0 Å². The van der Waals surface area contributed by atoms with Crippen molar-refractivity contribution >= 4 is 23.9 Å². The summed E-state index contributed by atoms with van der Waals surface area (Å²) in [5.74, 6) is -11.1. The van der Waals surface area contributed by atoms with Crippen LogP contribution in [0.5, 0.6) is 0 Å². The summed E-state index contributed by atoms with van der Waals surface area (Å²) in [5.41, 5.74) is 0. The molecule has 1 rings (SSSR count). The molecule has 8 nitrogen and oxygen atoms in total. The summed E-state index contributed by atoms with van der Waals surface area (Å²) in [6, 6.07) is 0. The highest BCUT2D eigenvalue weighted by molar-refractivity contribution is 5.87. The standard InChI is InChI=1S/C10H12O8/c11-5(12)2-3-1-4(8(13)14)7(10(17)18)6(3)9(15)16/h3-4,6-7H,1-2H2,(H,11,12)(H,13,14)(H,15,16)(H,17,18)/t3-,4-,6-,7-/m0/s1. The summed E-state index contributed by atoms with van der Waals surface area (Å²) in [6.45, 7) is 0. The van der Waals surface area contributed by atoms with Crippen LogP contribution < -0.4 is 0 Å². The molecule has 0 aromatic rings. The minimum absolute atomic E-state index is 0.254. The van der Waals surface area contributed by atoms with Crippen molar-refractivity contribution in [1.29, 1.82) is 0 Å². The van der Waals surface area contributed by atoms with E-state index < -0.39 is 54.0 Å². The fourth-order valence-corrected chi connectivity index (χ4v) is 2.53. The Morgan fingerprint density at radius 3 is 1.67 bits per heavy atom. The van der Waals surface area contributed by atoms with Crippen LogP contribution in [-0.4, -0.2) is 44.3 Å². The smallest absolute Gasteiger partial charge is 0.308 e. The first-order valence-electron chi connectivity index (χ1n) is 5.16. The van der Waals surface area contributed by atoms with E-state index >= 15 is 0 Å². The molecule has 0 aromatic carbocycles. The third kappa shape index (κ3) is 2.58. The van der Waals surface area contributed by atoms with Crippen molar-refractivity contribution in [3.63, 3.8) is 0 Å².